The molecule has 0 saturated heterocycles. The predicted octanol–water partition coefficient (Wildman–Crippen LogP) is 2.84. The highest BCUT2D eigenvalue weighted by Crippen LogP contribution is 2.28. The summed E-state index contributed by atoms with van der Waals surface area (Å²) in [6.07, 6.45) is -0.199. The smallest absolute Gasteiger partial charge is 0.338 e. The first-order chi connectivity index (χ1) is 12.4. The number of carbonyl (C=O) groups excluding carboxylic acids is 3. The molecule has 0 unspecified atom stereocenters. The van der Waals surface area contributed by atoms with Gasteiger partial charge >= 0.3 is 5.97 Å². The van der Waals surface area contributed by atoms with Gasteiger partial charge in [0.1, 0.15) is 5.75 Å². The summed E-state index contributed by atoms with van der Waals surface area (Å²) in [5.41, 5.74) is 1.78. The second kappa shape index (κ2) is 7.26. The number of esters is 1. The first kappa shape index (κ1) is 17.5. The first-order valence-corrected chi connectivity index (χ1v) is 8.11. The maximum atomic E-state index is 12.4. The largest absolute Gasteiger partial charge is 0.482 e. The molecule has 0 saturated carbocycles. The highest BCUT2D eigenvalue weighted by atomic mass is 16.5. The molecule has 134 valence electrons. The fraction of sp³-hybridized carbons (Fsp3) is 0.211. The summed E-state index contributed by atoms with van der Waals surface area (Å²) in [6, 6.07) is 11.2. The molecular weight excluding hydrogens is 336 g/mol. The number of anilines is 2. The summed E-state index contributed by atoms with van der Waals surface area (Å²) >= 11 is 0. The summed E-state index contributed by atoms with van der Waals surface area (Å²) < 4.78 is 10.4. The number of hydrogen-bond acceptors (Lipinski definition) is 5. The predicted molar refractivity (Wildman–Crippen MR) is 95.5 cm³/mol. The fourth-order valence-electron chi connectivity index (χ4n) is 2.40. The number of ether oxygens (including phenoxy) is 2. The Morgan fingerprint density at radius 1 is 1.12 bits per heavy atom. The summed E-state index contributed by atoms with van der Waals surface area (Å²) in [5, 5.41) is 5.40. The Morgan fingerprint density at radius 2 is 1.81 bits per heavy atom. The Labute approximate surface area is 150 Å². The van der Waals surface area contributed by atoms with Gasteiger partial charge in [-0.05, 0) is 56.3 Å². The van der Waals surface area contributed by atoms with Gasteiger partial charge in [-0.15, -0.1) is 0 Å². The maximum Gasteiger partial charge on any atom is 0.338 e. The molecule has 0 radical (unpaired) electrons. The highest BCUT2D eigenvalue weighted by Gasteiger charge is 2.18. The molecule has 0 aliphatic carbocycles. The van der Waals surface area contributed by atoms with Crippen LogP contribution in [0.5, 0.6) is 5.75 Å². The van der Waals surface area contributed by atoms with Gasteiger partial charge in [0.05, 0.1) is 17.4 Å². The van der Waals surface area contributed by atoms with E-state index in [4.69, 9.17) is 9.47 Å². The highest BCUT2D eigenvalue weighted by molar-refractivity contribution is 6.06. The molecule has 0 atom stereocenters. The average molecular weight is 354 g/mol. The zero-order valence-corrected chi connectivity index (χ0v) is 14.4. The van der Waals surface area contributed by atoms with E-state index in [1.54, 1.807) is 56.3 Å². The minimum absolute atomic E-state index is 0.0376. The minimum atomic E-state index is -0.414. The van der Waals surface area contributed by atoms with Crippen LogP contribution in [0.15, 0.2) is 42.5 Å². The van der Waals surface area contributed by atoms with Crippen LogP contribution in [-0.4, -0.2) is 30.5 Å². The van der Waals surface area contributed by atoms with Crippen molar-refractivity contribution in [2.24, 2.45) is 0 Å². The van der Waals surface area contributed by atoms with E-state index >= 15 is 0 Å². The third-order valence-corrected chi connectivity index (χ3v) is 3.60. The van der Waals surface area contributed by atoms with Crippen molar-refractivity contribution in [3.63, 3.8) is 0 Å². The lowest BCUT2D eigenvalue weighted by Crippen LogP contribution is -2.25. The number of fused-ring (bicyclic) bond motifs is 1. The molecule has 0 fully saturated rings. The molecule has 7 heteroatoms. The van der Waals surface area contributed by atoms with Gasteiger partial charge in [0.25, 0.3) is 11.8 Å². The van der Waals surface area contributed by atoms with Crippen LogP contribution in [0, 0.1) is 0 Å². The Bertz CT molecular complexity index is 859. The second-order valence-electron chi connectivity index (χ2n) is 6.03. The molecule has 2 N–H and O–H groups in total. The normalized spacial score (nSPS) is 12.7. The van der Waals surface area contributed by atoms with Crippen molar-refractivity contribution >= 4 is 29.2 Å². The maximum absolute atomic E-state index is 12.4. The molecule has 0 aromatic heterocycles. The molecule has 2 aromatic rings. The molecule has 3 rings (SSSR count). The van der Waals surface area contributed by atoms with E-state index in [1.165, 1.54) is 0 Å². The van der Waals surface area contributed by atoms with Crippen LogP contribution >= 0.6 is 0 Å². The molecule has 2 aromatic carbocycles. The van der Waals surface area contributed by atoms with Gasteiger partial charge in [-0.25, -0.2) is 4.79 Å². The molecule has 2 amide bonds. The number of hydrogen-bond donors (Lipinski definition) is 2. The molecule has 1 aliphatic rings. The van der Waals surface area contributed by atoms with Crippen LogP contribution < -0.4 is 15.4 Å². The number of amides is 2. The quantitative estimate of drug-likeness (QED) is 0.824. The zero-order valence-electron chi connectivity index (χ0n) is 14.4. The molecule has 1 aliphatic heterocycles. The molecule has 1 heterocycles. The SMILES string of the molecule is CC(C)OC(=O)c1ccc(NC(=O)c2ccc3c(c2)NC(=O)CO3)cc1. The van der Waals surface area contributed by atoms with E-state index in [0.717, 1.165) is 0 Å². The lowest BCUT2D eigenvalue weighted by atomic mass is 10.1. The second-order valence-corrected chi connectivity index (χ2v) is 6.03. The lowest BCUT2D eigenvalue weighted by Gasteiger charge is -2.18. The molecule has 7 nitrogen and oxygen atoms in total. The van der Waals surface area contributed by atoms with Crippen molar-refractivity contribution in [3.05, 3.63) is 53.6 Å². The van der Waals surface area contributed by atoms with E-state index in [9.17, 15) is 14.4 Å². The van der Waals surface area contributed by atoms with E-state index in [0.29, 0.717) is 28.3 Å². The zero-order chi connectivity index (χ0) is 18.7. The van der Waals surface area contributed by atoms with Crippen molar-refractivity contribution in [2.75, 3.05) is 17.2 Å². The van der Waals surface area contributed by atoms with Gasteiger partial charge in [-0.3, -0.25) is 9.59 Å². The van der Waals surface area contributed by atoms with Crippen LogP contribution in [-0.2, 0) is 9.53 Å². The number of benzene rings is 2. The third-order valence-electron chi connectivity index (χ3n) is 3.60. The number of carbonyl (C=O) groups is 3. The van der Waals surface area contributed by atoms with E-state index < -0.39 is 5.97 Å². The standard InChI is InChI=1S/C19H18N2O5/c1-11(2)26-19(24)12-3-6-14(7-4-12)20-18(23)13-5-8-16-15(9-13)21-17(22)10-25-16/h3-9,11H,10H2,1-2H3,(H,20,23)(H,21,22). The van der Waals surface area contributed by atoms with Crippen LogP contribution in [0.2, 0.25) is 0 Å². The van der Waals surface area contributed by atoms with Crippen LogP contribution in [0.4, 0.5) is 11.4 Å². The Kier molecular flexibility index (Phi) is 4.88. The fourth-order valence-corrected chi connectivity index (χ4v) is 2.40. The number of nitrogens with one attached hydrogen (secondary N) is 2. The van der Waals surface area contributed by atoms with E-state index in [2.05, 4.69) is 10.6 Å². The average Bonchev–Trinajstić information content (AvgIpc) is 2.61. The molecular formula is C19H18N2O5. The van der Waals surface area contributed by atoms with Crippen molar-refractivity contribution in [1.82, 2.24) is 0 Å². The Hall–Kier alpha value is -3.35. The first-order valence-electron chi connectivity index (χ1n) is 8.11. The summed E-state index contributed by atoms with van der Waals surface area (Å²) in [7, 11) is 0. The van der Waals surface area contributed by atoms with Crippen LogP contribution in [0.1, 0.15) is 34.6 Å². The van der Waals surface area contributed by atoms with Crippen molar-refractivity contribution in [2.45, 2.75) is 20.0 Å². The lowest BCUT2D eigenvalue weighted by molar-refractivity contribution is -0.118. The van der Waals surface area contributed by atoms with Gasteiger partial charge in [0.2, 0.25) is 0 Å². The van der Waals surface area contributed by atoms with Gasteiger partial charge < -0.3 is 20.1 Å². The van der Waals surface area contributed by atoms with Crippen molar-refractivity contribution in [1.29, 1.82) is 0 Å². The third kappa shape index (κ3) is 4.00. The summed E-state index contributed by atoms with van der Waals surface area (Å²) in [4.78, 5) is 35.6. The topological polar surface area (TPSA) is 93.7 Å². The van der Waals surface area contributed by atoms with Crippen molar-refractivity contribution < 1.29 is 23.9 Å². The van der Waals surface area contributed by atoms with Crippen molar-refractivity contribution in [3.8, 4) is 5.75 Å². The van der Waals surface area contributed by atoms with Crippen LogP contribution in [0.3, 0.4) is 0 Å². The van der Waals surface area contributed by atoms with Gasteiger partial charge in [0.15, 0.2) is 6.61 Å². The van der Waals surface area contributed by atoms with E-state index in [-0.39, 0.29) is 24.5 Å². The van der Waals surface area contributed by atoms with Crippen LogP contribution in [0.25, 0.3) is 0 Å². The minimum Gasteiger partial charge on any atom is -0.482 e. The molecule has 0 spiro atoms. The Balaban J connectivity index is 1.69. The molecule has 0 bridgehead atoms. The number of rotatable bonds is 4. The Morgan fingerprint density at radius 3 is 2.50 bits per heavy atom. The van der Waals surface area contributed by atoms with E-state index in [1.807, 2.05) is 0 Å². The summed E-state index contributed by atoms with van der Waals surface area (Å²) in [5.74, 6) is -0.499. The monoisotopic (exact) mass is 354 g/mol. The molecule has 26 heavy (non-hydrogen) atoms. The summed E-state index contributed by atoms with van der Waals surface area (Å²) in [6.45, 7) is 3.52. The van der Waals surface area contributed by atoms with Gasteiger partial charge in [0, 0.05) is 11.3 Å². The van der Waals surface area contributed by atoms with Gasteiger partial charge in [-0.2, -0.15) is 0 Å². The van der Waals surface area contributed by atoms with Gasteiger partial charge in [-0.1, -0.05) is 0 Å².